The van der Waals surface area contributed by atoms with E-state index in [1.807, 2.05) is 35.2 Å². The topological polar surface area (TPSA) is 101 Å². The molecule has 0 spiro atoms. The molecule has 0 N–H and O–H groups in total. The lowest BCUT2D eigenvalue weighted by molar-refractivity contribution is -0.384. The summed E-state index contributed by atoms with van der Waals surface area (Å²) in [5.41, 5.74) is 2.64. The molecular weight excluding hydrogens is 494 g/mol. The summed E-state index contributed by atoms with van der Waals surface area (Å²) in [6, 6.07) is 16.7. The van der Waals surface area contributed by atoms with Crippen molar-refractivity contribution in [2.24, 2.45) is 11.8 Å². The van der Waals surface area contributed by atoms with Crippen LogP contribution >= 0.6 is 11.6 Å². The molecule has 0 bridgehead atoms. The first-order valence-corrected chi connectivity index (χ1v) is 12.1. The van der Waals surface area contributed by atoms with Crippen molar-refractivity contribution in [2.45, 2.75) is 19.0 Å². The molecule has 3 aliphatic rings. The molecule has 4 atom stereocenters. The fraction of sp³-hybridized carbons (Fsp3) is 0.179. The standard InChI is InChI=1S/C28H20ClN3O5/c1-15-6-11-19(32(36)37)14-21(15)31-27(34)22-23(28(31)35)25(26(33)17-7-9-18(29)10-8-17)30-13-12-16-4-2-3-5-20(16)24(22)30/h2-14,22-25H,1H3/t22-,23-,24-,25+/m1/s1. The van der Waals surface area contributed by atoms with Gasteiger partial charge in [0.15, 0.2) is 5.78 Å². The maximum atomic E-state index is 14.0. The van der Waals surface area contributed by atoms with Gasteiger partial charge in [0.05, 0.1) is 28.5 Å². The number of hydrogen-bond donors (Lipinski definition) is 0. The quantitative estimate of drug-likeness (QED) is 0.212. The van der Waals surface area contributed by atoms with Gasteiger partial charge in [0.25, 0.3) is 5.69 Å². The van der Waals surface area contributed by atoms with Gasteiger partial charge in [-0.05, 0) is 54.0 Å². The molecule has 9 heteroatoms. The minimum absolute atomic E-state index is 0.169. The molecule has 3 aromatic rings. The number of amides is 2. The second kappa shape index (κ2) is 8.38. The molecule has 0 aliphatic carbocycles. The number of nitro groups is 1. The highest BCUT2D eigenvalue weighted by Gasteiger charge is 2.64. The van der Waals surface area contributed by atoms with Gasteiger partial charge in [-0.3, -0.25) is 24.5 Å². The maximum Gasteiger partial charge on any atom is 0.271 e. The summed E-state index contributed by atoms with van der Waals surface area (Å²) < 4.78 is 0. The third-order valence-corrected chi connectivity index (χ3v) is 7.76. The fourth-order valence-corrected chi connectivity index (χ4v) is 5.96. The van der Waals surface area contributed by atoms with Crippen molar-refractivity contribution in [3.8, 4) is 0 Å². The highest BCUT2D eigenvalue weighted by Crippen LogP contribution is 2.54. The number of nitrogens with zero attached hydrogens (tertiary/aromatic N) is 3. The van der Waals surface area contributed by atoms with Crippen LogP contribution in [0.2, 0.25) is 5.02 Å². The summed E-state index contributed by atoms with van der Waals surface area (Å²) in [7, 11) is 0. The van der Waals surface area contributed by atoms with E-state index in [0.717, 1.165) is 16.0 Å². The smallest absolute Gasteiger partial charge is 0.271 e. The van der Waals surface area contributed by atoms with E-state index >= 15 is 0 Å². The Balaban J connectivity index is 1.51. The average Bonchev–Trinajstić information content (AvgIpc) is 3.37. The Morgan fingerprint density at radius 1 is 0.973 bits per heavy atom. The van der Waals surface area contributed by atoms with Crippen LogP contribution in [0.5, 0.6) is 0 Å². The number of Topliss-reactive ketones (excluding diaryl/α,β-unsaturated/α-hetero) is 1. The predicted octanol–water partition coefficient (Wildman–Crippen LogP) is 4.95. The molecule has 0 unspecified atom stereocenters. The number of benzene rings is 3. The highest BCUT2D eigenvalue weighted by atomic mass is 35.5. The van der Waals surface area contributed by atoms with Gasteiger partial charge in [-0.2, -0.15) is 0 Å². The Kier molecular flexibility index (Phi) is 5.24. The molecule has 8 nitrogen and oxygen atoms in total. The van der Waals surface area contributed by atoms with Gasteiger partial charge in [-0.1, -0.05) is 41.9 Å². The van der Waals surface area contributed by atoms with Crippen molar-refractivity contribution in [2.75, 3.05) is 4.90 Å². The van der Waals surface area contributed by atoms with Crippen molar-refractivity contribution in [1.82, 2.24) is 4.90 Å². The van der Waals surface area contributed by atoms with Crippen LogP contribution in [0.25, 0.3) is 6.08 Å². The number of non-ortho nitro benzene ring substituents is 1. The fourth-order valence-electron chi connectivity index (χ4n) is 5.83. The Hall–Kier alpha value is -4.30. The largest absolute Gasteiger partial charge is 0.358 e. The van der Waals surface area contributed by atoms with Crippen molar-refractivity contribution >= 4 is 46.6 Å². The summed E-state index contributed by atoms with van der Waals surface area (Å²) >= 11 is 6.02. The van der Waals surface area contributed by atoms with Crippen LogP contribution in [0.3, 0.4) is 0 Å². The van der Waals surface area contributed by atoms with E-state index in [0.29, 0.717) is 16.1 Å². The molecular formula is C28H20ClN3O5. The van der Waals surface area contributed by atoms with Gasteiger partial charge in [-0.15, -0.1) is 0 Å². The number of fused-ring (bicyclic) bond motifs is 5. The summed E-state index contributed by atoms with van der Waals surface area (Å²) in [6.45, 7) is 1.69. The van der Waals surface area contributed by atoms with E-state index in [1.54, 1.807) is 37.4 Å². The lowest BCUT2D eigenvalue weighted by Crippen LogP contribution is -2.44. The van der Waals surface area contributed by atoms with E-state index in [-0.39, 0.29) is 17.2 Å². The molecule has 37 heavy (non-hydrogen) atoms. The first kappa shape index (κ1) is 23.1. The number of carbonyl (C=O) groups excluding carboxylic acids is 3. The number of rotatable bonds is 4. The maximum absolute atomic E-state index is 14.0. The Bertz CT molecular complexity index is 1530. The minimum Gasteiger partial charge on any atom is -0.358 e. The van der Waals surface area contributed by atoms with Crippen LogP contribution in [-0.4, -0.2) is 33.5 Å². The second-order valence-corrected chi connectivity index (χ2v) is 9.88. The number of imide groups is 1. The SMILES string of the molecule is Cc1ccc([N+](=O)[O-])cc1N1C(=O)[C@@H]2[C@@H](C1=O)[C@H]1c3ccccc3C=CN1[C@@H]2C(=O)c1ccc(Cl)cc1. The molecule has 0 radical (unpaired) electrons. The number of halogens is 1. The zero-order chi connectivity index (χ0) is 26.0. The summed E-state index contributed by atoms with van der Waals surface area (Å²) in [6.07, 6.45) is 3.67. The van der Waals surface area contributed by atoms with Crippen molar-refractivity contribution in [3.05, 3.63) is 110 Å². The highest BCUT2D eigenvalue weighted by molar-refractivity contribution is 6.30. The van der Waals surface area contributed by atoms with Crippen molar-refractivity contribution < 1.29 is 19.3 Å². The third-order valence-electron chi connectivity index (χ3n) is 7.50. The number of anilines is 1. The first-order chi connectivity index (χ1) is 17.8. The van der Waals surface area contributed by atoms with Gasteiger partial charge < -0.3 is 4.90 Å². The van der Waals surface area contributed by atoms with Crippen LogP contribution in [-0.2, 0) is 9.59 Å². The lowest BCUT2D eigenvalue weighted by Gasteiger charge is -2.35. The molecule has 0 saturated carbocycles. The molecule has 2 fully saturated rings. The van der Waals surface area contributed by atoms with Crippen LogP contribution in [0, 0.1) is 28.9 Å². The Morgan fingerprint density at radius 3 is 2.41 bits per heavy atom. The number of nitro benzene ring substituents is 1. The van der Waals surface area contributed by atoms with Gasteiger partial charge >= 0.3 is 0 Å². The normalized spacial score (nSPS) is 23.6. The Morgan fingerprint density at radius 2 is 1.68 bits per heavy atom. The van der Waals surface area contributed by atoms with E-state index < -0.39 is 40.7 Å². The first-order valence-electron chi connectivity index (χ1n) is 11.7. The third kappa shape index (κ3) is 3.40. The molecule has 3 aliphatic heterocycles. The second-order valence-electron chi connectivity index (χ2n) is 9.44. The molecule has 0 aromatic heterocycles. The van der Waals surface area contributed by atoms with Gasteiger partial charge in [0, 0.05) is 28.9 Å². The van der Waals surface area contributed by atoms with E-state index in [9.17, 15) is 24.5 Å². The summed E-state index contributed by atoms with van der Waals surface area (Å²) in [5, 5.41) is 11.9. The van der Waals surface area contributed by atoms with E-state index in [1.165, 1.54) is 18.2 Å². The number of ketones is 1. The van der Waals surface area contributed by atoms with Crippen molar-refractivity contribution in [3.63, 3.8) is 0 Å². The Labute approximate surface area is 216 Å². The molecule has 184 valence electrons. The predicted molar refractivity (Wildman–Crippen MR) is 137 cm³/mol. The van der Waals surface area contributed by atoms with E-state index in [2.05, 4.69) is 0 Å². The zero-order valence-electron chi connectivity index (χ0n) is 19.6. The molecule has 2 amide bonds. The van der Waals surface area contributed by atoms with Crippen molar-refractivity contribution in [1.29, 1.82) is 0 Å². The van der Waals surface area contributed by atoms with Gasteiger partial charge in [0.2, 0.25) is 11.8 Å². The molecule has 6 rings (SSSR count). The average molecular weight is 514 g/mol. The van der Waals surface area contributed by atoms with Crippen LogP contribution < -0.4 is 4.90 Å². The lowest BCUT2D eigenvalue weighted by atomic mass is 9.83. The molecule has 2 saturated heterocycles. The zero-order valence-corrected chi connectivity index (χ0v) is 20.3. The molecule has 3 heterocycles. The van der Waals surface area contributed by atoms with Gasteiger partial charge in [0.1, 0.15) is 6.04 Å². The van der Waals surface area contributed by atoms with Crippen LogP contribution in [0.15, 0.2) is 72.9 Å². The minimum atomic E-state index is -0.963. The number of hydrogen-bond acceptors (Lipinski definition) is 6. The van der Waals surface area contributed by atoms with E-state index in [4.69, 9.17) is 11.6 Å². The van der Waals surface area contributed by atoms with Gasteiger partial charge in [-0.25, -0.2) is 4.90 Å². The summed E-state index contributed by atoms with van der Waals surface area (Å²) in [5.74, 6) is -3.10. The summed E-state index contributed by atoms with van der Waals surface area (Å²) in [4.78, 5) is 55.6. The number of aryl methyl sites for hydroxylation is 1. The number of carbonyl (C=O) groups is 3. The van der Waals surface area contributed by atoms with Crippen LogP contribution in [0.4, 0.5) is 11.4 Å². The van der Waals surface area contributed by atoms with Crippen LogP contribution in [0.1, 0.15) is 33.1 Å². The monoisotopic (exact) mass is 513 g/mol. The molecule has 3 aromatic carbocycles.